The summed E-state index contributed by atoms with van der Waals surface area (Å²) in [5, 5.41) is 1.32. The first kappa shape index (κ1) is 22.5. The van der Waals surface area contributed by atoms with Gasteiger partial charge >= 0.3 is 0 Å². The quantitative estimate of drug-likeness (QED) is 0.411. The molecule has 1 amide bonds. The molecule has 4 aromatic rings. The fraction of sp³-hybridized carbons (Fsp3) is 0.192. The Hall–Kier alpha value is -3.29. The number of anilines is 1. The zero-order chi connectivity index (χ0) is 23.7. The molecule has 2 heterocycles. The monoisotopic (exact) mass is 493 g/mol. The van der Waals surface area contributed by atoms with E-state index in [2.05, 4.69) is 4.90 Å². The lowest BCUT2D eigenvalue weighted by molar-refractivity contribution is -0.132. The molecule has 1 aromatic heterocycles. The number of hydrogen-bond acceptors (Lipinski definition) is 4. The van der Waals surface area contributed by atoms with Crippen LogP contribution in [-0.2, 0) is 21.2 Å². The van der Waals surface area contributed by atoms with E-state index < -0.39 is 9.84 Å². The van der Waals surface area contributed by atoms with Gasteiger partial charge in [0.1, 0.15) is 6.54 Å². The van der Waals surface area contributed by atoms with Crippen LogP contribution < -0.4 is 4.90 Å². The minimum Gasteiger partial charge on any atom is -0.367 e. The second kappa shape index (κ2) is 9.16. The van der Waals surface area contributed by atoms with Gasteiger partial charge in [-0.15, -0.1) is 0 Å². The number of benzene rings is 3. The summed E-state index contributed by atoms with van der Waals surface area (Å²) in [7, 11) is -3.71. The largest absolute Gasteiger partial charge is 0.367 e. The topological polar surface area (TPSA) is 62.6 Å². The molecule has 0 aliphatic carbocycles. The Morgan fingerprint density at radius 2 is 1.47 bits per heavy atom. The highest BCUT2D eigenvalue weighted by Gasteiger charge is 2.26. The number of aromatic nitrogens is 1. The molecule has 0 spiro atoms. The number of carbonyl (C=O) groups excluding carboxylic acids is 1. The summed E-state index contributed by atoms with van der Waals surface area (Å²) in [5.41, 5.74) is 1.70. The first-order valence-electron chi connectivity index (χ1n) is 11.1. The second-order valence-electron chi connectivity index (χ2n) is 8.27. The fourth-order valence-corrected chi connectivity index (χ4v) is 6.19. The molecule has 0 N–H and O–H groups in total. The van der Waals surface area contributed by atoms with Crippen molar-refractivity contribution in [2.75, 3.05) is 31.1 Å². The number of para-hydroxylation sites is 2. The van der Waals surface area contributed by atoms with Crippen LogP contribution in [0.5, 0.6) is 0 Å². The van der Waals surface area contributed by atoms with Crippen LogP contribution in [0.15, 0.2) is 94.9 Å². The van der Waals surface area contributed by atoms with E-state index in [1.807, 2.05) is 47.4 Å². The van der Waals surface area contributed by atoms with E-state index in [0.717, 1.165) is 11.2 Å². The molecular weight excluding hydrogens is 470 g/mol. The van der Waals surface area contributed by atoms with Crippen molar-refractivity contribution in [3.63, 3.8) is 0 Å². The lowest BCUT2D eigenvalue weighted by atomic mass is 10.2. The van der Waals surface area contributed by atoms with Gasteiger partial charge in [0, 0.05) is 43.3 Å². The highest BCUT2D eigenvalue weighted by Crippen LogP contribution is 2.30. The smallest absolute Gasteiger partial charge is 0.242 e. The Labute approximate surface area is 203 Å². The van der Waals surface area contributed by atoms with Crippen LogP contribution in [0, 0.1) is 0 Å². The third kappa shape index (κ3) is 4.17. The van der Waals surface area contributed by atoms with Crippen molar-refractivity contribution in [2.24, 2.45) is 0 Å². The molecule has 6 nitrogen and oxygen atoms in total. The Balaban J connectivity index is 1.37. The van der Waals surface area contributed by atoms with E-state index >= 15 is 0 Å². The van der Waals surface area contributed by atoms with Gasteiger partial charge in [0.25, 0.3) is 0 Å². The van der Waals surface area contributed by atoms with Crippen LogP contribution in [-0.4, -0.2) is 50.0 Å². The summed E-state index contributed by atoms with van der Waals surface area (Å²) in [6.07, 6.45) is 1.59. The molecule has 8 heteroatoms. The maximum absolute atomic E-state index is 13.3. The third-order valence-electron chi connectivity index (χ3n) is 6.23. The van der Waals surface area contributed by atoms with Crippen LogP contribution in [0.4, 0.5) is 5.69 Å². The van der Waals surface area contributed by atoms with Crippen molar-refractivity contribution in [1.29, 1.82) is 0 Å². The van der Waals surface area contributed by atoms with Gasteiger partial charge in [-0.25, -0.2) is 8.42 Å². The van der Waals surface area contributed by atoms with Gasteiger partial charge in [0.2, 0.25) is 15.7 Å². The zero-order valence-corrected chi connectivity index (χ0v) is 20.0. The molecule has 1 aliphatic heterocycles. The average molecular weight is 494 g/mol. The van der Waals surface area contributed by atoms with Gasteiger partial charge in [0.15, 0.2) is 0 Å². The van der Waals surface area contributed by atoms with Gasteiger partial charge < -0.3 is 14.4 Å². The summed E-state index contributed by atoms with van der Waals surface area (Å²) in [6.45, 7) is 2.62. The number of nitrogens with zero attached hydrogens (tertiary/aromatic N) is 3. The van der Waals surface area contributed by atoms with Crippen LogP contribution >= 0.6 is 11.6 Å². The molecule has 1 saturated heterocycles. The summed E-state index contributed by atoms with van der Waals surface area (Å²) in [4.78, 5) is 17.6. The molecule has 1 fully saturated rings. The molecule has 3 aromatic carbocycles. The SMILES string of the molecule is O=C(Cn1cc(S(=O)(=O)c2ccccc2)c2ccccc21)N1CCN(c2ccccc2Cl)CC1. The molecule has 0 saturated carbocycles. The Bertz CT molecular complexity index is 1440. The fourth-order valence-electron chi connectivity index (χ4n) is 4.44. The molecular formula is C26H24ClN3O3S. The normalized spacial score (nSPS) is 14.5. The number of hydrogen-bond donors (Lipinski definition) is 0. The predicted octanol–water partition coefficient (Wildman–Crippen LogP) is 4.48. The summed E-state index contributed by atoms with van der Waals surface area (Å²) >= 11 is 6.33. The van der Waals surface area contributed by atoms with Gasteiger partial charge in [-0.3, -0.25) is 4.79 Å². The van der Waals surface area contributed by atoms with Crippen molar-refractivity contribution in [3.05, 3.63) is 90.1 Å². The Morgan fingerprint density at radius 3 is 2.21 bits per heavy atom. The first-order chi connectivity index (χ1) is 16.4. The second-order valence-corrected chi connectivity index (χ2v) is 10.6. The summed E-state index contributed by atoms with van der Waals surface area (Å²) < 4.78 is 28.4. The maximum atomic E-state index is 13.3. The Kier molecular flexibility index (Phi) is 6.06. The van der Waals surface area contributed by atoms with E-state index in [1.54, 1.807) is 47.2 Å². The maximum Gasteiger partial charge on any atom is 0.242 e. The number of sulfone groups is 1. The van der Waals surface area contributed by atoms with Crippen LogP contribution in [0.3, 0.4) is 0 Å². The summed E-state index contributed by atoms with van der Waals surface area (Å²) in [5.74, 6) is -0.0387. The van der Waals surface area contributed by atoms with E-state index in [1.165, 1.54) is 0 Å². The number of amides is 1. The van der Waals surface area contributed by atoms with E-state index in [4.69, 9.17) is 11.6 Å². The van der Waals surface area contributed by atoms with E-state index in [0.29, 0.717) is 36.6 Å². The average Bonchev–Trinajstić information content (AvgIpc) is 3.24. The van der Waals surface area contributed by atoms with Crippen molar-refractivity contribution < 1.29 is 13.2 Å². The van der Waals surface area contributed by atoms with Crippen molar-refractivity contribution in [2.45, 2.75) is 16.3 Å². The summed E-state index contributed by atoms with van der Waals surface area (Å²) in [6, 6.07) is 23.4. The molecule has 0 radical (unpaired) electrons. The molecule has 0 atom stereocenters. The standard InChI is InChI=1S/C26H24ClN3O3S/c27-22-11-5-7-13-24(22)28-14-16-29(17-15-28)26(31)19-30-18-25(21-10-4-6-12-23(21)30)34(32,33)20-8-2-1-3-9-20/h1-13,18H,14-17,19H2. The van der Waals surface area contributed by atoms with Crippen LogP contribution in [0.1, 0.15) is 0 Å². The molecule has 5 rings (SSSR count). The predicted molar refractivity (Wildman–Crippen MR) is 134 cm³/mol. The molecule has 1 aliphatic rings. The highest BCUT2D eigenvalue weighted by molar-refractivity contribution is 7.91. The van der Waals surface area contributed by atoms with Gasteiger partial charge in [-0.2, -0.15) is 0 Å². The number of piperazine rings is 1. The van der Waals surface area contributed by atoms with Crippen LogP contribution in [0.2, 0.25) is 5.02 Å². The molecule has 0 unspecified atom stereocenters. The van der Waals surface area contributed by atoms with Gasteiger partial charge in [-0.05, 0) is 30.3 Å². The van der Waals surface area contributed by atoms with Crippen molar-refractivity contribution >= 4 is 43.9 Å². The molecule has 174 valence electrons. The van der Waals surface area contributed by atoms with Crippen molar-refractivity contribution in [3.8, 4) is 0 Å². The minimum atomic E-state index is -3.71. The van der Waals surface area contributed by atoms with Gasteiger partial charge in [0.05, 0.1) is 20.5 Å². The lowest BCUT2D eigenvalue weighted by Crippen LogP contribution is -2.49. The van der Waals surface area contributed by atoms with Crippen LogP contribution in [0.25, 0.3) is 10.9 Å². The Morgan fingerprint density at radius 1 is 0.824 bits per heavy atom. The number of fused-ring (bicyclic) bond motifs is 1. The number of rotatable bonds is 5. The molecule has 0 bridgehead atoms. The lowest BCUT2D eigenvalue weighted by Gasteiger charge is -2.36. The van der Waals surface area contributed by atoms with E-state index in [9.17, 15) is 13.2 Å². The first-order valence-corrected chi connectivity index (χ1v) is 13.0. The zero-order valence-electron chi connectivity index (χ0n) is 18.5. The molecule has 34 heavy (non-hydrogen) atoms. The van der Waals surface area contributed by atoms with E-state index in [-0.39, 0.29) is 22.2 Å². The third-order valence-corrected chi connectivity index (χ3v) is 8.34. The highest BCUT2D eigenvalue weighted by atomic mass is 35.5. The van der Waals surface area contributed by atoms with Crippen molar-refractivity contribution in [1.82, 2.24) is 9.47 Å². The van der Waals surface area contributed by atoms with Gasteiger partial charge in [-0.1, -0.05) is 60.1 Å². The number of halogens is 1. The number of carbonyl (C=O) groups is 1. The minimum absolute atomic E-state index is 0.0387.